The summed E-state index contributed by atoms with van der Waals surface area (Å²) in [7, 11) is 0. The first kappa shape index (κ1) is 19.4. The maximum absolute atomic E-state index is 8.60. The van der Waals surface area contributed by atoms with Gasteiger partial charge in [0.1, 0.15) is 11.6 Å². The number of hydrogen-bond donors (Lipinski definition) is 3. The van der Waals surface area contributed by atoms with E-state index in [1.165, 1.54) is 0 Å². The quantitative estimate of drug-likeness (QED) is 0.410. The van der Waals surface area contributed by atoms with Crippen LogP contribution in [0.3, 0.4) is 0 Å². The molecule has 3 rings (SSSR count). The van der Waals surface area contributed by atoms with Crippen LogP contribution in [0, 0.1) is 5.41 Å². The Morgan fingerprint density at radius 2 is 1.96 bits per heavy atom. The molecule has 1 aromatic carbocycles. The average molecular weight is 375 g/mol. The van der Waals surface area contributed by atoms with Crippen LogP contribution in [0.2, 0.25) is 0 Å². The number of ether oxygens (including phenoxy) is 1. The van der Waals surface area contributed by atoms with Crippen molar-refractivity contribution < 1.29 is 4.74 Å². The van der Waals surface area contributed by atoms with Gasteiger partial charge in [0.05, 0.1) is 11.8 Å². The number of nitrogens with one attached hydrogen (secondary N) is 2. The van der Waals surface area contributed by atoms with Gasteiger partial charge in [0.2, 0.25) is 0 Å². The SMILES string of the molecule is CC(C)Oc1ccc(N)c(C(=N)c2ccnc(NCCc3ccccn3)c2)c1. The zero-order valence-electron chi connectivity index (χ0n) is 16.1. The van der Waals surface area contributed by atoms with Crippen molar-refractivity contribution in [3.63, 3.8) is 0 Å². The summed E-state index contributed by atoms with van der Waals surface area (Å²) in [4.78, 5) is 8.66. The van der Waals surface area contributed by atoms with Crippen molar-refractivity contribution in [2.75, 3.05) is 17.6 Å². The minimum absolute atomic E-state index is 0.0569. The topological polar surface area (TPSA) is 96.9 Å². The standard InChI is InChI=1S/C22H25N5O/c1-15(2)28-18-6-7-20(23)19(14-18)22(24)16-8-11-26-21(13-16)27-12-9-17-5-3-4-10-25-17/h3-8,10-11,13-15,24H,9,12,23H2,1-2H3,(H,26,27). The zero-order chi connectivity index (χ0) is 19.9. The molecule has 0 aliphatic heterocycles. The molecule has 0 saturated heterocycles. The van der Waals surface area contributed by atoms with E-state index < -0.39 is 0 Å². The molecule has 0 bridgehead atoms. The molecule has 0 saturated carbocycles. The molecule has 0 unspecified atom stereocenters. The summed E-state index contributed by atoms with van der Waals surface area (Å²) >= 11 is 0. The highest BCUT2D eigenvalue weighted by atomic mass is 16.5. The van der Waals surface area contributed by atoms with Crippen LogP contribution in [-0.4, -0.2) is 28.3 Å². The Morgan fingerprint density at radius 1 is 1.11 bits per heavy atom. The molecule has 2 heterocycles. The summed E-state index contributed by atoms with van der Waals surface area (Å²) in [5.74, 6) is 1.41. The molecule has 28 heavy (non-hydrogen) atoms. The van der Waals surface area contributed by atoms with Gasteiger partial charge in [-0.05, 0) is 56.3 Å². The normalized spacial score (nSPS) is 10.7. The van der Waals surface area contributed by atoms with Crippen LogP contribution in [0.1, 0.15) is 30.7 Å². The van der Waals surface area contributed by atoms with Crippen molar-refractivity contribution in [3.8, 4) is 5.75 Å². The van der Waals surface area contributed by atoms with Crippen molar-refractivity contribution in [3.05, 3.63) is 77.7 Å². The fourth-order valence-corrected chi connectivity index (χ4v) is 2.80. The molecule has 4 N–H and O–H groups in total. The van der Waals surface area contributed by atoms with Crippen molar-refractivity contribution in [1.82, 2.24) is 9.97 Å². The van der Waals surface area contributed by atoms with Crippen LogP contribution < -0.4 is 15.8 Å². The summed E-state index contributed by atoms with van der Waals surface area (Å²) in [5, 5.41) is 11.9. The number of anilines is 2. The van der Waals surface area contributed by atoms with E-state index in [2.05, 4.69) is 15.3 Å². The lowest BCUT2D eigenvalue weighted by Gasteiger charge is -2.14. The lowest BCUT2D eigenvalue weighted by Crippen LogP contribution is -2.11. The molecule has 6 nitrogen and oxygen atoms in total. The molecule has 0 atom stereocenters. The highest BCUT2D eigenvalue weighted by molar-refractivity contribution is 6.14. The Kier molecular flexibility index (Phi) is 6.22. The van der Waals surface area contributed by atoms with Gasteiger partial charge >= 0.3 is 0 Å². The molecule has 0 radical (unpaired) electrons. The van der Waals surface area contributed by atoms with Gasteiger partial charge in [-0.3, -0.25) is 10.4 Å². The second-order valence-electron chi connectivity index (χ2n) is 6.72. The van der Waals surface area contributed by atoms with Gasteiger partial charge in [-0.15, -0.1) is 0 Å². The fourth-order valence-electron chi connectivity index (χ4n) is 2.80. The average Bonchev–Trinajstić information content (AvgIpc) is 2.70. The van der Waals surface area contributed by atoms with Gasteiger partial charge in [0, 0.05) is 47.9 Å². The number of hydrogen-bond acceptors (Lipinski definition) is 6. The van der Waals surface area contributed by atoms with Crippen LogP contribution in [0.5, 0.6) is 5.75 Å². The molecule has 0 spiro atoms. The highest BCUT2D eigenvalue weighted by Crippen LogP contribution is 2.24. The molecule has 0 aliphatic rings. The predicted molar refractivity (Wildman–Crippen MR) is 113 cm³/mol. The van der Waals surface area contributed by atoms with Crippen LogP contribution in [0.4, 0.5) is 11.5 Å². The van der Waals surface area contributed by atoms with Gasteiger partial charge in [0.25, 0.3) is 0 Å². The van der Waals surface area contributed by atoms with Crippen molar-refractivity contribution in [1.29, 1.82) is 5.41 Å². The predicted octanol–water partition coefficient (Wildman–Crippen LogP) is 3.92. The highest BCUT2D eigenvalue weighted by Gasteiger charge is 2.12. The second kappa shape index (κ2) is 8.99. The van der Waals surface area contributed by atoms with Crippen LogP contribution in [0.15, 0.2) is 60.9 Å². The number of benzene rings is 1. The maximum Gasteiger partial charge on any atom is 0.126 e. The van der Waals surface area contributed by atoms with E-state index in [0.29, 0.717) is 35.1 Å². The van der Waals surface area contributed by atoms with Crippen molar-refractivity contribution in [2.45, 2.75) is 26.4 Å². The van der Waals surface area contributed by atoms with E-state index in [-0.39, 0.29) is 6.10 Å². The zero-order valence-corrected chi connectivity index (χ0v) is 16.1. The van der Waals surface area contributed by atoms with Gasteiger partial charge in [0.15, 0.2) is 0 Å². The molecule has 6 heteroatoms. The molecule has 0 fully saturated rings. The van der Waals surface area contributed by atoms with Crippen LogP contribution >= 0.6 is 0 Å². The number of pyridine rings is 2. The van der Waals surface area contributed by atoms with Crippen molar-refractivity contribution >= 4 is 17.2 Å². The smallest absolute Gasteiger partial charge is 0.126 e. The van der Waals surface area contributed by atoms with E-state index in [4.69, 9.17) is 15.9 Å². The molecular formula is C22H25N5O. The van der Waals surface area contributed by atoms with Gasteiger partial charge < -0.3 is 15.8 Å². The van der Waals surface area contributed by atoms with Gasteiger partial charge in [-0.1, -0.05) is 6.07 Å². The second-order valence-corrected chi connectivity index (χ2v) is 6.72. The van der Waals surface area contributed by atoms with E-state index in [1.807, 2.05) is 56.3 Å². The Morgan fingerprint density at radius 3 is 2.71 bits per heavy atom. The van der Waals surface area contributed by atoms with E-state index in [9.17, 15) is 0 Å². The number of nitrogen functional groups attached to an aromatic ring is 1. The number of nitrogens with zero attached hydrogens (tertiary/aromatic N) is 2. The van der Waals surface area contributed by atoms with Crippen molar-refractivity contribution in [2.24, 2.45) is 0 Å². The number of aromatic nitrogens is 2. The third-order valence-corrected chi connectivity index (χ3v) is 4.13. The minimum Gasteiger partial charge on any atom is -0.491 e. The molecular weight excluding hydrogens is 350 g/mol. The van der Waals surface area contributed by atoms with Gasteiger partial charge in [-0.25, -0.2) is 4.98 Å². The van der Waals surface area contributed by atoms with E-state index in [1.54, 1.807) is 18.5 Å². The largest absolute Gasteiger partial charge is 0.491 e. The first-order valence-electron chi connectivity index (χ1n) is 9.28. The first-order valence-corrected chi connectivity index (χ1v) is 9.28. The Labute approximate surface area is 165 Å². The molecule has 2 aromatic heterocycles. The molecule has 0 amide bonds. The fraction of sp³-hybridized carbons (Fsp3) is 0.227. The summed E-state index contributed by atoms with van der Waals surface area (Å²) in [6.45, 7) is 4.64. The van der Waals surface area contributed by atoms with E-state index in [0.717, 1.165) is 17.7 Å². The third-order valence-electron chi connectivity index (χ3n) is 4.13. The summed E-state index contributed by atoms with van der Waals surface area (Å²) in [5.41, 5.74) is 9.39. The summed E-state index contributed by atoms with van der Waals surface area (Å²) < 4.78 is 5.73. The number of rotatable bonds is 8. The summed E-state index contributed by atoms with van der Waals surface area (Å²) in [6, 6.07) is 14.9. The lowest BCUT2D eigenvalue weighted by atomic mass is 10.0. The molecule has 0 aliphatic carbocycles. The first-order chi connectivity index (χ1) is 13.5. The van der Waals surface area contributed by atoms with Crippen LogP contribution in [0.25, 0.3) is 0 Å². The van der Waals surface area contributed by atoms with E-state index >= 15 is 0 Å². The van der Waals surface area contributed by atoms with Gasteiger partial charge in [-0.2, -0.15) is 0 Å². The molecule has 3 aromatic rings. The Hall–Kier alpha value is -3.41. The number of nitrogens with two attached hydrogens (primary N) is 1. The minimum atomic E-state index is 0.0569. The van der Waals surface area contributed by atoms with Crippen LogP contribution in [-0.2, 0) is 6.42 Å². The third kappa shape index (κ3) is 5.07. The summed E-state index contributed by atoms with van der Waals surface area (Å²) in [6.07, 6.45) is 4.34. The molecule has 144 valence electrons. The Balaban J connectivity index is 1.71. The monoisotopic (exact) mass is 375 g/mol. The lowest BCUT2D eigenvalue weighted by molar-refractivity contribution is 0.242. The Bertz CT molecular complexity index is 941. The maximum atomic E-state index is 8.60.